The highest BCUT2D eigenvalue weighted by molar-refractivity contribution is 5.97. The third kappa shape index (κ3) is 5.29. The molecule has 4 heteroatoms. The van der Waals surface area contributed by atoms with Crippen molar-refractivity contribution < 1.29 is 13.9 Å². The number of fused-ring (bicyclic) bond motifs is 1. The van der Waals surface area contributed by atoms with Crippen LogP contribution in [0.25, 0.3) is 11.0 Å². The van der Waals surface area contributed by atoms with Crippen LogP contribution in [-0.2, 0) is 6.42 Å². The molecule has 3 aromatic rings. The van der Waals surface area contributed by atoms with E-state index in [0.717, 1.165) is 56.1 Å². The summed E-state index contributed by atoms with van der Waals surface area (Å²) in [5.74, 6) is 1.85. The lowest BCUT2D eigenvalue weighted by molar-refractivity contribution is 0.0907. The molecule has 0 amide bonds. The van der Waals surface area contributed by atoms with Gasteiger partial charge in [0, 0.05) is 23.1 Å². The lowest BCUT2D eigenvalue weighted by Crippen LogP contribution is -2.14. The number of unbranched alkanes of at least 4 members (excludes halogenated alkanes) is 1. The van der Waals surface area contributed by atoms with Crippen molar-refractivity contribution in [3.8, 4) is 5.75 Å². The maximum absolute atomic E-state index is 12.8. The van der Waals surface area contributed by atoms with E-state index in [1.165, 1.54) is 12.8 Å². The van der Waals surface area contributed by atoms with Crippen molar-refractivity contribution in [1.29, 1.82) is 0 Å². The Morgan fingerprint density at radius 1 is 1.03 bits per heavy atom. The van der Waals surface area contributed by atoms with Gasteiger partial charge in [-0.15, -0.1) is 0 Å². The minimum Gasteiger partial charge on any atom is -0.497 e. The Hall–Kier alpha value is -2.88. The molecule has 2 atom stereocenters. The number of rotatable bonds is 8. The zero-order valence-electron chi connectivity index (χ0n) is 18.8. The summed E-state index contributed by atoms with van der Waals surface area (Å²) in [6.07, 6.45) is 11.1. The Morgan fingerprint density at radius 3 is 2.69 bits per heavy atom. The number of Topliss-reactive ketones (excluding diaryl/α,β-unsaturated/α-hetero) is 1. The standard InChI is InChI=1S/C28H32O4/c1-31-24-16-17-25-26(18-24)32-19-23(28(25)30)12-6-5-8-20-9-7-13-22(15-14-20)27(29)21-10-3-2-4-11-21/h2-4,10-11,16-20,22H,5-9,12-15H2,1H3. The third-order valence-electron chi connectivity index (χ3n) is 6.88. The number of hydrogen-bond acceptors (Lipinski definition) is 4. The minimum atomic E-state index is 0.0608. The van der Waals surface area contributed by atoms with Crippen LogP contribution in [0.5, 0.6) is 5.75 Å². The topological polar surface area (TPSA) is 56.5 Å². The van der Waals surface area contributed by atoms with Crippen LogP contribution in [0.15, 0.2) is 64.0 Å². The first-order valence-electron chi connectivity index (χ1n) is 11.8. The van der Waals surface area contributed by atoms with Crippen LogP contribution >= 0.6 is 0 Å². The summed E-state index contributed by atoms with van der Waals surface area (Å²) in [5, 5.41) is 0.612. The van der Waals surface area contributed by atoms with Crippen LogP contribution in [0.1, 0.15) is 67.3 Å². The van der Waals surface area contributed by atoms with E-state index in [0.29, 0.717) is 28.4 Å². The fourth-order valence-corrected chi connectivity index (χ4v) is 4.96. The second-order valence-electron chi connectivity index (χ2n) is 9.00. The lowest BCUT2D eigenvalue weighted by atomic mass is 9.89. The average molecular weight is 433 g/mol. The predicted octanol–water partition coefficient (Wildman–Crippen LogP) is 6.59. The summed E-state index contributed by atoms with van der Waals surface area (Å²) in [5.41, 5.74) is 2.22. The number of benzene rings is 2. The number of hydrogen-bond donors (Lipinski definition) is 0. The molecule has 0 bridgehead atoms. The van der Waals surface area contributed by atoms with Crippen LogP contribution in [0.2, 0.25) is 0 Å². The number of ketones is 1. The maximum Gasteiger partial charge on any atom is 0.195 e. The molecular formula is C28H32O4. The Kier molecular flexibility index (Phi) is 7.41. The zero-order valence-corrected chi connectivity index (χ0v) is 18.8. The molecule has 0 aliphatic heterocycles. The van der Waals surface area contributed by atoms with Gasteiger partial charge in [0.25, 0.3) is 0 Å². The quantitative estimate of drug-likeness (QED) is 0.229. The van der Waals surface area contributed by atoms with Gasteiger partial charge in [-0.1, -0.05) is 56.0 Å². The molecular weight excluding hydrogens is 400 g/mol. The van der Waals surface area contributed by atoms with E-state index in [4.69, 9.17) is 9.15 Å². The summed E-state index contributed by atoms with van der Waals surface area (Å²) < 4.78 is 10.9. The van der Waals surface area contributed by atoms with Crippen LogP contribution in [0.4, 0.5) is 0 Å². The van der Waals surface area contributed by atoms with Crippen LogP contribution in [-0.4, -0.2) is 12.9 Å². The minimum absolute atomic E-state index is 0.0608. The first kappa shape index (κ1) is 22.3. The normalized spacial score (nSPS) is 18.9. The molecule has 4 rings (SSSR count). The van der Waals surface area contributed by atoms with Gasteiger partial charge in [0.15, 0.2) is 11.2 Å². The van der Waals surface area contributed by atoms with Gasteiger partial charge in [0.05, 0.1) is 18.8 Å². The van der Waals surface area contributed by atoms with Crippen molar-refractivity contribution in [2.24, 2.45) is 11.8 Å². The number of carbonyl (C=O) groups is 1. The van der Waals surface area contributed by atoms with Crippen molar-refractivity contribution in [2.75, 3.05) is 7.11 Å². The van der Waals surface area contributed by atoms with E-state index in [9.17, 15) is 9.59 Å². The zero-order chi connectivity index (χ0) is 22.3. The third-order valence-corrected chi connectivity index (χ3v) is 6.88. The fourth-order valence-electron chi connectivity index (χ4n) is 4.96. The van der Waals surface area contributed by atoms with E-state index >= 15 is 0 Å². The number of carbonyl (C=O) groups excluding carboxylic acids is 1. The second-order valence-corrected chi connectivity index (χ2v) is 9.00. The molecule has 1 fully saturated rings. The second kappa shape index (κ2) is 10.6. The van der Waals surface area contributed by atoms with Gasteiger partial charge in [-0.05, 0) is 50.2 Å². The van der Waals surface area contributed by atoms with Gasteiger partial charge in [-0.25, -0.2) is 0 Å². The van der Waals surface area contributed by atoms with Crippen molar-refractivity contribution in [2.45, 2.75) is 57.8 Å². The fraction of sp³-hybridized carbons (Fsp3) is 0.429. The first-order valence-corrected chi connectivity index (χ1v) is 11.8. The van der Waals surface area contributed by atoms with E-state index in [1.807, 2.05) is 30.3 Å². The smallest absolute Gasteiger partial charge is 0.195 e. The summed E-state index contributed by atoms with van der Waals surface area (Å²) in [4.78, 5) is 25.5. The van der Waals surface area contributed by atoms with Crippen LogP contribution < -0.4 is 10.2 Å². The van der Waals surface area contributed by atoms with Gasteiger partial charge in [0.1, 0.15) is 11.3 Å². The van der Waals surface area contributed by atoms with Gasteiger partial charge < -0.3 is 9.15 Å². The monoisotopic (exact) mass is 432 g/mol. The SMILES string of the molecule is COc1ccc2c(=O)c(CCCCC3CCCC(C(=O)c4ccccc4)CC3)coc2c1. The molecule has 0 N–H and O–H groups in total. The molecule has 1 aliphatic rings. The molecule has 2 aromatic carbocycles. The number of ether oxygens (including phenoxy) is 1. The van der Waals surface area contributed by atoms with Crippen molar-refractivity contribution >= 4 is 16.8 Å². The molecule has 4 nitrogen and oxygen atoms in total. The summed E-state index contributed by atoms with van der Waals surface area (Å²) in [7, 11) is 1.60. The molecule has 168 valence electrons. The lowest BCUT2D eigenvalue weighted by Gasteiger charge is -2.15. The largest absolute Gasteiger partial charge is 0.497 e. The molecule has 1 saturated carbocycles. The van der Waals surface area contributed by atoms with E-state index in [2.05, 4.69) is 0 Å². The molecule has 0 spiro atoms. The summed E-state index contributed by atoms with van der Waals surface area (Å²) in [6.45, 7) is 0. The highest BCUT2D eigenvalue weighted by Gasteiger charge is 2.24. The molecule has 0 saturated heterocycles. The molecule has 1 aliphatic carbocycles. The van der Waals surface area contributed by atoms with E-state index in [-0.39, 0.29) is 11.3 Å². The molecule has 1 aromatic heterocycles. The van der Waals surface area contributed by atoms with Gasteiger partial charge in [0.2, 0.25) is 0 Å². The van der Waals surface area contributed by atoms with Gasteiger partial charge in [-0.3, -0.25) is 9.59 Å². The number of aryl methyl sites for hydroxylation is 1. The highest BCUT2D eigenvalue weighted by atomic mass is 16.5. The Balaban J connectivity index is 1.26. The summed E-state index contributed by atoms with van der Waals surface area (Å²) in [6, 6.07) is 15.0. The van der Waals surface area contributed by atoms with E-state index < -0.39 is 0 Å². The van der Waals surface area contributed by atoms with Gasteiger partial charge in [-0.2, -0.15) is 0 Å². The van der Waals surface area contributed by atoms with Crippen LogP contribution in [0.3, 0.4) is 0 Å². The van der Waals surface area contributed by atoms with Crippen molar-refractivity contribution in [3.63, 3.8) is 0 Å². The average Bonchev–Trinajstić information content (AvgIpc) is 3.08. The maximum atomic E-state index is 12.8. The first-order chi connectivity index (χ1) is 15.7. The Morgan fingerprint density at radius 2 is 1.88 bits per heavy atom. The highest BCUT2D eigenvalue weighted by Crippen LogP contribution is 2.32. The number of methoxy groups -OCH3 is 1. The predicted molar refractivity (Wildman–Crippen MR) is 127 cm³/mol. The Bertz CT molecular complexity index is 1100. The Labute approximate surface area is 189 Å². The van der Waals surface area contributed by atoms with Crippen molar-refractivity contribution in [3.05, 3.63) is 76.1 Å². The molecule has 0 radical (unpaired) electrons. The molecule has 32 heavy (non-hydrogen) atoms. The summed E-state index contributed by atoms with van der Waals surface area (Å²) >= 11 is 0. The van der Waals surface area contributed by atoms with Crippen LogP contribution in [0, 0.1) is 11.8 Å². The van der Waals surface area contributed by atoms with Gasteiger partial charge >= 0.3 is 0 Å². The molecule has 2 unspecified atom stereocenters. The van der Waals surface area contributed by atoms with Crippen molar-refractivity contribution in [1.82, 2.24) is 0 Å². The van der Waals surface area contributed by atoms with E-state index in [1.54, 1.807) is 31.6 Å². The molecule has 1 heterocycles.